The second-order valence-electron chi connectivity index (χ2n) is 4.57. The van der Waals surface area contributed by atoms with Crippen LogP contribution in [0.1, 0.15) is 41.0 Å². The average molecular weight is 522 g/mol. The van der Waals surface area contributed by atoms with E-state index >= 15 is 0 Å². The molecule has 0 radical (unpaired) electrons. The number of aryl methyl sites for hydroxylation is 1. The van der Waals surface area contributed by atoms with Gasteiger partial charge in [0.05, 0.1) is 3.74 Å². The van der Waals surface area contributed by atoms with Crippen LogP contribution in [0.15, 0.2) is 18.2 Å². The monoisotopic (exact) mass is 518 g/mol. The minimum absolute atomic E-state index is 0.129. The van der Waals surface area contributed by atoms with Gasteiger partial charge in [0.15, 0.2) is 0 Å². The van der Waals surface area contributed by atoms with Gasteiger partial charge in [0.25, 0.3) is 0 Å². The molecule has 0 fully saturated rings. The van der Waals surface area contributed by atoms with E-state index in [1.807, 2.05) is 6.07 Å². The Hall–Kier alpha value is 0.940. The molecular formula is C14H18Br4O. The quantitative estimate of drug-likeness (QED) is 0.357. The van der Waals surface area contributed by atoms with Crippen molar-refractivity contribution in [3.05, 3.63) is 29.3 Å². The molecule has 0 aliphatic rings. The maximum Gasteiger partial charge on any atom is 0.119 e. The van der Waals surface area contributed by atoms with Gasteiger partial charge < -0.3 is 4.74 Å². The van der Waals surface area contributed by atoms with Gasteiger partial charge in [-0.2, -0.15) is 0 Å². The second-order valence-corrected chi connectivity index (χ2v) is 11.7. The maximum absolute atomic E-state index is 5.86. The van der Waals surface area contributed by atoms with Crippen molar-refractivity contribution in [3.63, 3.8) is 0 Å². The second kappa shape index (κ2) is 8.40. The summed E-state index contributed by atoms with van der Waals surface area (Å²) in [6, 6.07) is 6.16. The first-order chi connectivity index (χ1) is 8.85. The summed E-state index contributed by atoms with van der Waals surface area (Å²) in [4.78, 5) is 0. The summed E-state index contributed by atoms with van der Waals surface area (Å²) < 4.78 is 5.92. The first kappa shape index (κ1) is 18.0. The van der Waals surface area contributed by atoms with Crippen molar-refractivity contribution in [2.45, 2.75) is 40.1 Å². The number of halogens is 4. The fraction of sp³-hybridized carbons (Fsp3) is 0.571. The van der Waals surface area contributed by atoms with E-state index in [4.69, 9.17) is 4.74 Å². The maximum atomic E-state index is 5.86. The van der Waals surface area contributed by atoms with E-state index in [1.54, 1.807) is 0 Å². The number of hydrogen-bond acceptors (Lipinski definition) is 1. The summed E-state index contributed by atoms with van der Waals surface area (Å²) in [6.45, 7) is 4.89. The fourth-order valence-electron chi connectivity index (χ4n) is 1.68. The van der Waals surface area contributed by atoms with Crippen LogP contribution in [0.25, 0.3) is 0 Å². The van der Waals surface area contributed by atoms with E-state index in [0.29, 0.717) is 6.61 Å². The zero-order valence-electron chi connectivity index (χ0n) is 11.1. The van der Waals surface area contributed by atoms with Crippen LogP contribution in [-0.2, 0) is 0 Å². The summed E-state index contributed by atoms with van der Waals surface area (Å²) in [7, 11) is 0. The molecule has 0 aliphatic heterocycles. The Morgan fingerprint density at radius 1 is 1.26 bits per heavy atom. The van der Waals surface area contributed by atoms with Crippen LogP contribution in [0.2, 0.25) is 0 Å². The molecule has 0 saturated heterocycles. The third-order valence-electron chi connectivity index (χ3n) is 2.82. The van der Waals surface area contributed by atoms with Crippen LogP contribution in [0.3, 0.4) is 0 Å². The molecule has 1 aromatic carbocycles. The lowest BCUT2D eigenvalue weighted by molar-refractivity contribution is 0.304. The first-order valence-corrected chi connectivity index (χ1v) is 9.67. The molecular weight excluding hydrogens is 504 g/mol. The Labute approximate surface area is 149 Å². The summed E-state index contributed by atoms with van der Waals surface area (Å²) in [6.07, 6.45) is 3.41. The van der Waals surface area contributed by atoms with Crippen LogP contribution >= 0.6 is 63.7 Å². The zero-order valence-corrected chi connectivity index (χ0v) is 17.4. The molecule has 0 heterocycles. The molecule has 0 saturated carbocycles. The number of hydrogen-bond donors (Lipinski definition) is 0. The van der Waals surface area contributed by atoms with Crippen molar-refractivity contribution in [2.24, 2.45) is 0 Å². The molecule has 108 valence electrons. The smallest absolute Gasteiger partial charge is 0.119 e. The molecule has 0 aliphatic carbocycles. The number of rotatable bonds is 7. The first-order valence-electron chi connectivity index (χ1n) is 6.25. The van der Waals surface area contributed by atoms with Gasteiger partial charge in [-0.05, 0) is 36.6 Å². The normalized spacial score (nSPS) is 11.9. The lowest BCUT2D eigenvalue weighted by Gasteiger charge is -2.21. The highest BCUT2D eigenvalue weighted by molar-refractivity contribution is 9.25. The number of ether oxygens (including phenoxy) is 1. The molecule has 5 heteroatoms. The Bertz CT molecular complexity index is 404. The van der Waals surface area contributed by atoms with Gasteiger partial charge in [0.2, 0.25) is 0 Å². The van der Waals surface area contributed by atoms with Gasteiger partial charge in [-0.25, -0.2) is 0 Å². The van der Waals surface area contributed by atoms with Crippen molar-refractivity contribution in [2.75, 3.05) is 6.61 Å². The minimum Gasteiger partial charge on any atom is -0.491 e. The highest BCUT2D eigenvalue weighted by Gasteiger charge is 2.23. The lowest BCUT2D eigenvalue weighted by atomic mass is 10.1. The zero-order chi connectivity index (χ0) is 14.5. The third-order valence-corrected chi connectivity index (χ3v) is 5.06. The van der Waals surface area contributed by atoms with Crippen LogP contribution < -0.4 is 4.74 Å². The van der Waals surface area contributed by atoms with Crippen molar-refractivity contribution in [1.82, 2.24) is 0 Å². The standard InChI is InChI=1S/C14H18Br4O/c1-3-4-7-14(17,18)9-19-11-5-6-12(13(15)16)10(2)8-11/h5-6,8,13H,3-4,7,9H2,1-2H3. The molecule has 0 unspecified atom stereocenters. The Balaban J connectivity index is 2.61. The molecule has 1 rings (SSSR count). The van der Waals surface area contributed by atoms with Crippen LogP contribution in [0, 0.1) is 6.92 Å². The van der Waals surface area contributed by atoms with E-state index in [9.17, 15) is 0 Å². The number of unbranched alkanes of at least 4 members (excludes halogenated alkanes) is 1. The Morgan fingerprint density at radius 2 is 1.95 bits per heavy atom. The summed E-state index contributed by atoms with van der Waals surface area (Å²) >= 11 is 14.4. The number of alkyl halides is 4. The highest BCUT2D eigenvalue weighted by Crippen LogP contribution is 2.35. The number of benzene rings is 1. The third kappa shape index (κ3) is 6.49. The van der Waals surface area contributed by atoms with Crippen molar-refractivity contribution in [1.29, 1.82) is 0 Å². The molecule has 1 nitrogen and oxygen atoms in total. The van der Waals surface area contributed by atoms with E-state index in [2.05, 4.69) is 89.7 Å². The molecule has 0 atom stereocenters. The average Bonchev–Trinajstić information content (AvgIpc) is 2.34. The highest BCUT2D eigenvalue weighted by atomic mass is 79.9. The summed E-state index contributed by atoms with van der Waals surface area (Å²) in [5.74, 6) is 0.904. The van der Waals surface area contributed by atoms with Gasteiger partial charge in [0.1, 0.15) is 15.6 Å². The van der Waals surface area contributed by atoms with Crippen LogP contribution in [-0.4, -0.2) is 9.84 Å². The van der Waals surface area contributed by atoms with Gasteiger partial charge >= 0.3 is 0 Å². The summed E-state index contributed by atoms with van der Waals surface area (Å²) in [5.41, 5.74) is 2.43. The van der Waals surface area contributed by atoms with Gasteiger partial charge in [-0.3, -0.25) is 0 Å². The fourth-order valence-corrected chi connectivity index (χ4v) is 3.50. The van der Waals surface area contributed by atoms with Crippen molar-refractivity contribution in [3.8, 4) is 5.75 Å². The van der Waals surface area contributed by atoms with E-state index in [-0.39, 0.29) is 6.97 Å². The molecule has 0 amide bonds. The predicted molar refractivity (Wildman–Crippen MR) is 97.4 cm³/mol. The van der Waals surface area contributed by atoms with Gasteiger partial charge in [0, 0.05) is 0 Å². The van der Waals surface area contributed by atoms with Crippen molar-refractivity contribution < 1.29 is 4.74 Å². The molecule has 0 aromatic heterocycles. The van der Waals surface area contributed by atoms with Gasteiger partial charge in [-0.15, -0.1) is 0 Å². The SMILES string of the molecule is CCCCC(Br)(Br)COc1ccc(C(Br)Br)c(C)c1. The molecule has 19 heavy (non-hydrogen) atoms. The minimum atomic E-state index is -0.129. The molecule has 1 aromatic rings. The Kier molecular flexibility index (Phi) is 7.95. The van der Waals surface area contributed by atoms with Crippen molar-refractivity contribution >= 4 is 63.7 Å². The van der Waals surface area contributed by atoms with Crippen LogP contribution in [0.4, 0.5) is 0 Å². The largest absolute Gasteiger partial charge is 0.491 e. The van der Waals surface area contributed by atoms with Gasteiger partial charge in [-0.1, -0.05) is 89.6 Å². The van der Waals surface area contributed by atoms with E-state index < -0.39 is 0 Å². The summed E-state index contributed by atoms with van der Waals surface area (Å²) in [5, 5.41) is 0. The molecule has 0 spiro atoms. The lowest BCUT2D eigenvalue weighted by Crippen LogP contribution is -2.21. The van der Waals surface area contributed by atoms with E-state index in [0.717, 1.165) is 12.2 Å². The predicted octanol–water partition coefficient (Wildman–Crippen LogP) is 6.84. The topological polar surface area (TPSA) is 9.23 Å². The molecule has 0 N–H and O–H groups in total. The molecule has 0 bridgehead atoms. The van der Waals surface area contributed by atoms with E-state index in [1.165, 1.54) is 24.0 Å². The Morgan fingerprint density at radius 3 is 2.47 bits per heavy atom. The van der Waals surface area contributed by atoms with Crippen LogP contribution in [0.5, 0.6) is 5.75 Å².